The van der Waals surface area contributed by atoms with Gasteiger partial charge in [-0.2, -0.15) is 13.2 Å². The van der Waals surface area contributed by atoms with Crippen molar-refractivity contribution >= 4 is 11.6 Å². The molecule has 0 amide bonds. The molecule has 3 rings (SSSR count). The van der Waals surface area contributed by atoms with Gasteiger partial charge in [0.1, 0.15) is 5.02 Å². The van der Waals surface area contributed by atoms with Gasteiger partial charge in [-0.3, -0.25) is 0 Å². The van der Waals surface area contributed by atoms with Gasteiger partial charge in [0.2, 0.25) is 5.88 Å². The first-order valence-electron chi connectivity index (χ1n) is 6.71. The van der Waals surface area contributed by atoms with Crippen molar-refractivity contribution in [3.05, 3.63) is 65.6 Å². The van der Waals surface area contributed by atoms with Gasteiger partial charge in [0.05, 0.1) is 18.0 Å². The molecule has 0 aliphatic heterocycles. The molecule has 0 atom stereocenters. The molecule has 0 radical (unpaired) electrons. The summed E-state index contributed by atoms with van der Waals surface area (Å²) in [5.74, 6) is 0.555. The molecule has 2 aromatic heterocycles. The van der Waals surface area contributed by atoms with Crippen molar-refractivity contribution in [1.29, 1.82) is 0 Å². The summed E-state index contributed by atoms with van der Waals surface area (Å²) >= 11 is 5.78. The van der Waals surface area contributed by atoms with E-state index in [1.54, 1.807) is 0 Å². The molecule has 0 aliphatic carbocycles. The zero-order valence-electron chi connectivity index (χ0n) is 12.0. The third-order valence-corrected chi connectivity index (χ3v) is 3.28. The van der Waals surface area contributed by atoms with Crippen LogP contribution in [0.2, 0.25) is 5.02 Å². The normalized spacial score (nSPS) is 11.3. The molecule has 2 heterocycles. The molecule has 1 aromatic carbocycles. The van der Waals surface area contributed by atoms with E-state index in [0.29, 0.717) is 12.0 Å². The monoisotopic (exact) mass is 351 g/mol. The highest BCUT2D eigenvalue weighted by molar-refractivity contribution is 6.31. The van der Waals surface area contributed by atoms with E-state index in [1.165, 1.54) is 12.4 Å². The van der Waals surface area contributed by atoms with Gasteiger partial charge in [0, 0.05) is 11.8 Å². The van der Waals surface area contributed by atoms with Gasteiger partial charge in [-0.25, -0.2) is 15.0 Å². The van der Waals surface area contributed by atoms with Gasteiger partial charge >= 0.3 is 6.18 Å². The second-order valence-electron chi connectivity index (χ2n) is 4.72. The predicted octanol–water partition coefficient (Wildman–Crippen LogP) is 5.00. The van der Waals surface area contributed by atoms with Crippen molar-refractivity contribution in [2.45, 2.75) is 6.18 Å². The minimum atomic E-state index is -4.52. The Hall–Kier alpha value is -2.67. The largest absolute Gasteiger partial charge is 0.434 e. The molecule has 122 valence electrons. The van der Waals surface area contributed by atoms with E-state index in [4.69, 9.17) is 16.3 Å². The second kappa shape index (κ2) is 6.45. The molecule has 24 heavy (non-hydrogen) atoms. The number of pyridine rings is 1. The van der Waals surface area contributed by atoms with Gasteiger partial charge in [-0.15, -0.1) is 0 Å². The maximum Gasteiger partial charge on any atom is 0.417 e. The average molecular weight is 352 g/mol. The molecule has 8 heteroatoms. The summed E-state index contributed by atoms with van der Waals surface area (Å²) in [6, 6.07) is 10.0. The van der Waals surface area contributed by atoms with Crippen molar-refractivity contribution < 1.29 is 17.9 Å². The number of ether oxygens (including phenoxy) is 1. The summed E-state index contributed by atoms with van der Waals surface area (Å²) in [5, 5.41) is -0.253. The van der Waals surface area contributed by atoms with Crippen LogP contribution in [0.3, 0.4) is 0 Å². The predicted molar refractivity (Wildman–Crippen MR) is 81.8 cm³/mol. The lowest BCUT2D eigenvalue weighted by atomic mass is 10.2. The lowest BCUT2D eigenvalue weighted by Gasteiger charge is -2.10. The van der Waals surface area contributed by atoms with Crippen molar-refractivity contribution in [1.82, 2.24) is 15.0 Å². The lowest BCUT2D eigenvalue weighted by Crippen LogP contribution is -2.05. The molecule has 0 aliphatic rings. The molecule has 0 fully saturated rings. The van der Waals surface area contributed by atoms with Crippen LogP contribution in [0.15, 0.2) is 55.0 Å². The molecule has 0 N–H and O–H groups in total. The number of nitrogens with zero attached hydrogens (tertiary/aromatic N) is 3. The van der Waals surface area contributed by atoms with Crippen molar-refractivity contribution in [2.24, 2.45) is 0 Å². The highest BCUT2D eigenvalue weighted by atomic mass is 35.5. The van der Waals surface area contributed by atoms with Crippen LogP contribution in [0, 0.1) is 0 Å². The molecule has 0 bridgehead atoms. The minimum absolute atomic E-state index is 0.152. The number of rotatable bonds is 3. The van der Waals surface area contributed by atoms with Gasteiger partial charge in [-0.1, -0.05) is 41.9 Å². The zero-order valence-corrected chi connectivity index (χ0v) is 12.7. The highest BCUT2D eigenvalue weighted by Crippen LogP contribution is 2.34. The van der Waals surface area contributed by atoms with Gasteiger partial charge in [0.25, 0.3) is 0 Å². The molecule has 0 saturated carbocycles. The number of benzene rings is 1. The van der Waals surface area contributed by atoms with Crippen molar-refractivity contribution in [3.8, 4) is 23.0 Å². The molecule has 0 unspecified atom stereocenters. The lowest BCUT2D eigenvalue weighted by molar-refractivity contribution is -0.137. The van der Waals surface area contributed by atoms with Crippen LogP contribution in [0.5, 0.6) is 11.6 Å². The van der Waals surface area contributed by atoms with Gasteiger partial charge in [-0.05, 0) is 6.07 Å². The molecular weight excluding hydrogens is 343 g/mol. The Morgan fingerprint density at radius 3 is 2.17 bits per heavy atom. The number of aromatic nitrogens is 3. The summed E-state index contributed by atoms with van der Waals surface area (Å²) in [7, 11) is 0. The Morgan fingerprint density at radius 1 is 0.917 bits per heavy atom. The fraction of sp³-hybridized carbons (Fsp3) is 0.0625. The summed E-state index contributed by atoms with van der Waals surface area (Å²) in [4.78, 5) is 11.9. The van der Waals surface area contributed by atoms with E-state index >= 15 is 0 Å². The van der Waals surface area contributed by atoms with E-state index < -0.39 is 11.7 Å². The Bertz CT molecular complexity index is 839. The maximum atomic E-state index is 12.6. The quantitative estimate of drug-likeness (QED) is 0.666. The molecule has 0 saturated heterocycles. The SMILES string of the molecule is FC(F)(F)c1cnc(Oc2cnc(-c3ccccc3)nc2)c(Cl)c1. The highest BCUT2D eigenvalue weighted by Gasteiger charge is 2.31. The second-order valence-corrected chi connectivity index (χ2v) is 5.13. The summed E-state index contributed by atoms with van der Waals surface area (Å²) < 4.78 is 43.1. The fourth-order valence-electron chi connectivity index (χ4n) is 1.87. The Balaban J connectivity index is 1.79. The van der Waals surface area contributed by atoms with Crippen LogP contribution in [-0.2, 0) is 6.18 Å². The number of alkyl halides is 3. The van der Waals surface area contributed by atoms with Crippen molar-refractivity contribution in [2.75, 3.05) is 0 Å². The Labute approximate surface area is 139 Å². The molecule has 0 spiro atoms. The maximum absolute atomic E-state index is 12.6. The number of hydrogen-bond acceptors (Lipinski definition) is 4. The van der Waals surface area contributed by atoms with Crippen LogP contribution in [0.4, 0.5) is 13.2 Å². The first kappa shape index (κ1) is 16.2. The van der Waals surface area contributed by atoms with E-state index in [0.717, 1.165) is 11.6 Å². The van der Waals surface area contributed by atoms with E-state index in [1.807, 2.05) is 30.3 Å². The van der Waals surface area contributed by atoms with Crippen LogP contribution in [-0.4, -0.2) is 15.0 Å². The number of halogens is 4. The van der Waals surface area contributed by atoms with Crippen LogP contribution in [0.25, 0.3) is 11.4 Å². The van der Waals surface area contributed by atoms with E-state index in [2.05, 4.69) is 15.0 Å². The standard InChI is InChI=1S/C16H9ClF3N3O/c17-13-6-11(16(18,19)20)7-23-15(13)24-12-8-21-14(22-9-12)10-4-2-1-3-5-10/h1-9H. The number of hydrogen-bond donors (Lipinski definition) is 0. The Morgan fingerprint density at radius 2 is 1.58 bits per heavy atom. The van der Waals surface area contributed by atoms with Gasteiger partial charge in [0.15, 0.2) is 11.6 Å². The first-order valence-corrected chi connectivity index (χ1v) is 7.09. The fourth-order valence-corrected chi connectivity index (χ4v) is 2.08. The summed E-state index contributed by atoms with van der Waals surface area (Å²) in [6.45, 7) is 0. The first-order chi connectivity index (χ1) is 11.4. The molecule has 4 nitrogen and oxygen atoms in total. The summed E-state index contributed by atoms with van der Waals surface area (Å²) in [5.41, 5.74) is -0.120. The molecular formula is C16H9ClF3N3O. The zero-order chi connectivity index (χ0) is 17.2. The van der Waals surface area contributed by atoms with E-state index in [-0.39, 0.29) is 16.7 Å². The smallest absolute Gasteiger partial charge is 0.417 e. The topological polar surface area (TPSA) is 47.9 Å². The Kier molecular flexibility index (Phi) is 4.35. The third kappa shape index (κ3) is 3.62. The van der Waals surface area contributed by atoms with Crippen LogP contribution >= 0.6 is 11.6 Å². The summed E-state index contributed by atoms with van der Waals surface area (Å²) in [6.07, 6.45) is -1.08. The van der Waals surface area contributed by atoms with Crippen LogP contribution < -0.4 is 4.74 Å². The minimum Gasteiger partial charge on any atom is -0.434 e. The van der Waals surface area contributed by atoms with Crippen LogP contribution in [0.1, 0.15) is 5.56 Å². The average Bonchev–Trinajstić information content (AvgIpc) is 2.57. The van der Waals surface area contributed by atoms with E-state index in [9.17, 15) is 13.2 Å². The van der Waals surface area contributed by atoms with Crippen molar-refractivity contribution in [3.63, 3.8) is 0 Å². The molecule has 3 aromatic rings. The third-order valence-electron chi connectivity index (χ3n) is 3.01. The van der Waals surface area contributed by atoms with Gasteiger partial charge < -0.3 is 4.74 Å².